The zero-order valence-corrected chi connectivity index (χ0v) is 12.4. The van der Waals surface area contributed by atoms with Crippen molar-refractivity contribution in [2.24, 2.45) is 5.73 Å². The van der Waals surface area contributed by atoms with Crippen LogP contribution in [0.2, 0.25) is 0 Å². The SMILES string of the molecule is NCc1ccc(-n2ccnc2-c2ccccc2)cc1Br. The molecule has 0 aliphatic carbocycles. The Morgan fingerprint density at radius 3 is 2.60 bits per heavy atom. The summed E-state index contributed by atoms with van der Waals surface area (Å²) in [4.78, 5) is 4.46. The minimum absolute atomic E-state index is 0.524. The zero-order valence-electron chi connectivity index (χ0n) is 10.8. The van der Waals surface area contributed by atoms with E-state index in [1.54, 1.807) is 0 Å². The minimum Gasteiger partial charge on any atom is -0.326 e. The monoisotopic (exact) mass is 327 g/mol. The number of rotatable bonds is 3. The lowest BCUT2D eigenvalue weighted by atomic mass is 10.2. The Balaban J connectivity index is 2.08. The van der Waals surface area contributed by atoms with Crippen molar-refractivity contribution in [1.82, 2.24) is 9.55 Å². The highest BCUT2D eigenvalue weighted by molar-refractivity contribution is 9.10. The molecule has 1 heterocycles. The van der Waals surface area contributed by atoms with Crippen LogP contribution in [-0.4, -0.2) is 9.55 Å². The molecule has 0 spiro atoms. The van der Waals surface area contributed by atoms with Crippen molar-refractivity contribution in [3.8, 4) is 17.1 Å². The van der Waals surface area contributed by atoms with E-state index in [4.69, 9.17) is 5.73 Å². The fourth-order valence-corrected chi connectivity index (χ4v) is 2.69. The van der Waals surface area contributed by atoms with E-state index in [9.17, 15) is 0 Å². The summed E-state index contributed by atoms with van der Waals surface area (Å²) in [6.45, 7) is 0.524. The number of benzene rings is 2. The number of hydrogen-bond donors (Lipinski definition) is 1. The highest BCUT2D eigenvalue weighted by Crippen LogP contribution is 2.25. The van der Waals surface area contributed by atoms with Crippen LogP contribution in [0.1, 0.15) is 5.56 Å². The van der Waals surface area contributed by atoms with Gasteiger partial charge in [0.1, 0.15) is 5.82 Å². The van der Waals surface area contributed by atoms with E-state index in [2.05, 4.69) is 49.7 Å². The molecule has 1 aromatic heterocycles. The number of nitrogens with zero attached hydrogens (tertiary/aromatic N) is 2. The zero-order chi connectivity index (χ0) is 13.9. The summed E-state index contributed by atoms with van der Waals surface area (Å²) in [6, 6.07) is 16.3. The van der Waals surface area contributed by atoms with Gasteiger partial charge in [-0.15, -0.1) is 0 Å². The van der Waals surface area contributed by atoms with Gasteiger partial charge in [-0.3, -0.25) is 4.57 Å². The van der Waals surface area contributed by atoms with Crippen molar-refractivity contribution in [3.63, 3.8) is 0 Å². The number of hydrogen-bond acceptors (Lipinski definition) is 2. The van der Waals surface area contributed by atoms with E-state index in [1.807, 2.05) is 36.7 Å². The summed E-state index contributed by atoms with van der Waals surface area (Å²) in [5.41, 5.74) is 8.94. The van der Waals surface area contributed by atoms with Crippen molar-refractivity contribution >= 4 is 15.9 Å². The van der Waals surface area contributed by atoms with Crippen molar-refractivity contribution in [2.75, 3.05) is 0 Å². The molecule has 3 nitrogen and oxygen atoms in total. The van der Waals surface area contributed by atoms with Crippen molar-refractivity contribution in [1.29, 1.82) is 0 Å². The maximum atomic E-state index is 5.69. The van der Waals surface area contributed by atoms with Crippen LogP contribution in [0.4, 0.5) is 0 Å². The molecule has 0 saturated heterocycles. The second-order valence-electron chi connectivity index (χ2n) is 4.47. The van der Waals surface area contributed by atoms with E-state index in [0.29, 0.717) is 6.54 Å². The summed E-state index contributed by atoms with van der Waals surface area (Å²) in [6.07, 6.45) is 3.78. The fraction of sp³-hybridized carbons (Fsp3) is 0.0625. The standard InChI is InChI=1S/C16H14BrN3/c17-15-10-14(7-6-13(15)11-18)20-9-8-19-16(20)12-4-2-1-3-5-12/h1-10H,11,18H2. The highest BCUT2D eigenvalue weighted by Gasteiger charge is 2.08. The lowest BCUT2D eigenvalue weighted by Gasteiger charge is -2.10. The summed E-state index contributed by atoms with van der Waals surface area (Å²) in [5, 5.41) is 0. The topological polar surface area (TPSA) is 43.8 Å². The van der Waals surface area contributed by atoms with Crippen LogP contribution in [0.25, 0.3) is 17.1 Å². The lowest BCUT2D eigenvalue weighted by molar-refractivity contribution is 1.03. The van der Waals surface area contributed by atoms with Crippen LogP contribution in [0, 0.1) is 0 Å². The largest absolute Gasteiger partial charge is 0.326 e. The van der Waals surface area contributed by atoms with Gasteiger partial charge in [-0.25, -0.2) is 4.98 Å². The molecular formula is C16H14BrN3. The van der Waals surface area contributed by atoms with Gasteiger partial charge in [0.15, 0.2) is 0 Å². The molecule has 4 heteroatoms. The fourth-order valence-electron chi connectivity index (χ4n) is 2.16. The van der Waals surface area contributed by atoms with Crippen LogP contribution >= 0.6 is 15.9 Å². The molecule has 2 aromatic carbocycles. The molecule has 0 atom stereocenters. The Morgan fingerprint density at radius 2 is 1.90 bits per heavy atom. The van der Waals surface area contributed by atoms with Gasteiger partial charge >= 0.3 is 0 Å². The Labute approximate surface area is 126 Å². The third kappa shape index (κ3) is 2.40. The molecule has 3 rings (SSSR count). The number of aromatic nitrogens is 2. The molecule has 3 aromatic rings. The van der Waals surface area contributed by atoms with Crippen LogP contribution in [0.15, 0.2) is 65.4 Å². The van der Waals surface area contributed by atoms with E-state index in [-0.39, 0.29) is 0 Å². The van der Waals surface area contributed by atoms with Gasteiger partial charge in [-0.2, -0.15) is 0 Å². The van der Waals surface area contributed by atoms with Crippen LogP contribution in [-0.2, 0) is 6.54 Å². The van der Waals surface area contributed by atoms with Gasteiger partial charge in [0.25, 0.3) is 0 Å². The van der Waals surface area contributed by atoms with E-state index < -0.39 is 0 Å². The Bertz CT molecular complexity index is 720. The molecule has 100 valence electrons. The maximum absolute atomic E-state index is 5.69. The van der Waals surface area contributed by atoms with Gasteiger partial charge in [-0.1, -0.05) is 52.3 Å². The van der Waals surface area contributed by atoms with E-state index >= 15 is 0 Å². The molecule has 0 bridgehead atoms. The smallest absolute Gasteiger partial charge is 0.144 e. The first kappa shape index (κ1) is 13.1. The molecule has 0 unspecified atom stereocenters. The normalized spacial score (nSPS) is 10.7. The maximum Gasteiger partial charge on any atom is 0.144 e. The average molecular weight is 328 g/mol. The number of imidazole rings is 1. The third-order valence-electron chi connectivity index (χ3n) is 3.21. The predicted octanol–water partition coefficient (Wildman–Crippen LogP) is 3.76. The Morgan fingerprint density at radius 1 is 1.10 bits per heavy atom. The van der Waals surface area contributed by atoms with E-state index in [0.717, 1.165) is 27.1 Å². The predicted molar refractivity (Wildman–Crippen MR) is 84.6 cm³/mol. The van der Waals surface area contributed by atoms with Crippen LogP contribution in [0.3, 0.4) is 0 Å². The molecular weight excluding hydrogens is 314 g/mol. The minimum atomic E-state index is 0.524. The average Bonchev–Trinajstić information content (AvgIpc) is 2.97. The van der Waals surface area contributed by atoms with Crippen LogP contribution in [0.5, 0.6) is 0 Å². The molecule has 20 heavy (non-hydrogen) atoms. The van der Waals surface area contributed by atoms with Gasteiger partial charge < -0.3 is 5.73 Å². The quantitative estimate of drug-likeness (QED) is 0.795. The summed E-state index contributed by atoms with van der Waals surface area (Å²) >= 11 is 3.56. The number of halogens is 1. The molecule has 0 amide bonds. The first-order valence-electron chi connectivity index (χ1n) is 6.37. The molecule has 0 aliphatic rings. The van der Waals surface area contributed by atoms with Gasteiger partial charge in [0.2, 0.25) is 0 Å². The third-order valence-corrected chi connectivity index (χ3v) is 3.95. The van der Waals surface area contributed by atoms with Crippen LogP contribution < -0.4 is 5.73 Å². The molecule has 0 saturated carbocycles. The van der Waals surface area contributed by atoms with Crippen molar-refractivity contribution in [3.05, 3.63) is 71.0 Å². The van der Waals surface area contributed by atoms with E-state index in [1.165, 1.54) is 0 Å². The summed E-state index contributed by atoms with van der Waals surface area (Å²) in [5.74, 6) is 0.929. The van der Waals surface area contributed by atoms with Crippen molar-refractivity contribution < 1.29 is 0 Å². The lowest BCUT2D eigenvalue weighted by Crippen LogP contribution is -2.00. The van der Waals surface area contributed by atoms with Gasteiger partial charge in [-0.05, 0) is 17.7 Å². The second kappa shape index (κ2) is 5.61. The molecule has 0 radical (unpaired) electrons. The highest BCUT2D eigenvalue weighted by atomic mass is 79.9. The molecule has 0 aliphatic heterocycles. The first-order chi connectivity index (χ1) is 9.79. The Kier molecular flexibility index (Phi) is 3.67. The van der Waals surface area contributed by atoms with Gasteiger partial charge in [0, 0.05) is 34.7 Å². The van der Waals surface area contributed by atoms with Crippen molar-refractivity contribution in [2.45, 2.75) is 6.54 Å². The summed E-state index contributed by atoms with van der Waals surface area (Å²) < 4.78 is 3.09. The number of nitrogens with two attached hydrogens (primary N) is 1. The Hall–Kier alpha value is -1.91. The molecule has 0 fully saturated rings. The first-order valence-corrected chi connectivity index (χ1v) is 7.16. The second-order valence-corrected chi connectivity index (χ2v) is 5.32. The molecule has 2 N–H and O–H groups in total. The summed E-state index contributed by atoms with van der Waals surface area (Å²) in [7, 11) is 0. The van der Waals surface area contributed by atoms with Gasteiger partial charge in [0.05, 0.1) is 0 Å².